The normalized spacial score (nSPS) is 25.7. The van der Waals surface area contributed by atoms with Gasteiger partial charge in [-0.15, -0.1) is 0 Å². The lowest BCUT2D eigenvalue weighted by molar-refractivity contribution is -0.0119. The molecule has 1 aliphatic carbocycles. The van der Waals surface area contributed by atoms with E-state index in [9.17, 15) is 9.59 Å². The van der Waals surface area contributed by atoms with Gasteiger partial charge in [-0.25, -0.2) is 9.59 Å². The SMILES string of the molecule is NC12CCN(Cc3ccc(-n4ccc(NC(=O)N5CCNCC5)nc4=O)cc3)C(C1)C2. The topological polar surface area (TPSA) is 109 Å². The van der Waals surface area contributed by atoms with Gasteiger partial charge in [0.2, 0.25) is 0 Å². The molecule has 0 spiro atoms. The van der Waals surface area contributed by atoms with E-state index >= 15 is 0 Å². The minimum absolute atomic E-state index is 0.0931. The molecule has 2 bridgehead atoms. The molecule has 1 aromatic carbocycles. The molecule has 1 saturated carbocycles. The van der Waals surface area contributed by atoms with Gasteiger partial charge in [-0.1, -0.05) is 12.1 Å². The van der Waals surface area contributed by atoms with E-state index < -0.39 is 5.69 Å². The Morgan fingerprint density at radius 2 is 1.90 bits per heavy atom. The molecule has 164 valence electrons. The molecule has 2 amide bonds. The maximum atomic E-state index is 12.5. The molecule has 4 N–H and O–H groups in total. The number of fused-ring (bicyclic) bond motifs is 2. The molecule has 0 atom stereocenters. The minimum atomic E-state index is -0.421. The summed E-state index contributed by atoms with van der Waals surface area (Å²) in [4.78, 5) is 33.1. The maximum absolute atomic E-state index is 12.5. The van der Waals surface area contributed by atoms with Gasteiger partial charge in [0.1, 0.15) is 5.82 Å². The monoisotopic (exact) mass is 423 g/mol. The van der Waals surface area contributed by atoms with E-state index in [2.05, 4.69) is 32.7 Å². The summed E-state index contributed by atoms with van der Waals surface area (Å²) in [5.41, 5.74) is 7.93. The molecule has 9 heteroatoms. The highest BCUT2D eigenvalue weighted by Crippen LogP contribution is 2.41. The number of piperidine rings is 2. The van der Waals surface area contributed by atoms with Gasteiger partial charge in [0, 0.05) is 57.0 Å². The van der Waals surface area contributed by atoms with Crippen molar-refractivity contribution in [3.8, 4) is 5.69 Å². The number of piperazine rings is 1. The molecule has 31 heavy (non-hydrogen) atoms. The van der Waals surface area contributed by atoms with Gasteiger partial charge in [0.05, 0.1) is 5.69 Å². The molecule has 6 rings (SSSR count). The molecular weight excluding hydrogens is 394 g/mol. The average Bonchev–Trinajstić information content (AvgIpc) is 2.76. The van der Waals surface area contributed by atoms with Gasteiger partial charge < -0.3 is 16.0 Å². The highest BCUT2D eigenvalue weighted by molar-refractivity contribution is 5.88. The van der Waals surface area contributed by atoms with Crippen molar-refractivity contribution in [1.82, 2.24) is 24.7 Å². The molecule has 1 aromatic heterocycles. The second kappa shape index (κ2) is 8.07. The van der Waals surface area contributed by atoms with Crippen molar-refractivity contribution in [2.24, 2.45) is 5.73 Å². The van der Waals surface area contributed by atoms with Gasteiger partial charge in [0.25, 0.3) is 0 Å². The van der Waals surface area contributed by atoms with Crippen LogP contribution in [0.1, 0.15) is 24.8 Å². The number of nitrogens with two attached hydrogens (primary N) is 1. The quantitative estimate of drug-likeness (QED) is 0.669. The van der Waals surface area contributed by atoms with Crippen molar-refractivity contribution >= 4 is 11.8 Å². The third kappa shape index (κ3) is 4.21. The number of amides is 2. The maximum Gasteiger partial charge on any atom is 0.354 e. The van der Waals surface area contributed by atoms with E-state index in [1.54, 1.807) is 17.2 Å². The summed E-state index contributed by atoms with van der Waals surface area (Å²) < 4.78 is 1.49. The van der Waals surface area contributed by atoms with Crippen LogP contribution in [0, 0.1) is 0 Å². The number of aromatic nitrogens is 2. The van der Waals surface area contributed by atoms with Crippen LogP contribution in [0.5, 0.6) is 0 Å². The van der Waals surface area contributed by atoms with Gasteiger partial charge >= 0.3 is 11.7 Å². The Balaban J connectivity index is 1.23. The highest BCUT2D eigenvalue weighted by atomic mass is 16.2. The zero-order valence-electron chi connectivity index (χ0n) is 17.6. The van der Waals surface area contributed by atoms with Crippen LogP contribution >= 0.6 is 0 Å². The Kier molecular flexibility index (Phi) is 5.25. The number of urea groups is 1. The number of carbonyl (C=O) groups excluding carboxylic acids is 1. The first-order chi connectivity index (χ1) is 15.0. The summed E-state index contributed by atoms with van der Waals surface area (Å²) in [5.74, 6) is 0.267. The average molecular weight is 424 g/mol. The molecular formula is C22H29N7O2. The van der Waals surface area contributed by atoms with Crippen molar-refractivity contribution in [2.45, 2.75) is 37.4 Å². The Bertz CT molecular complexity index is 1000. The Labute approximate surface area is 181 Å². The summed E-state index contributed by atoms with van der Waals surface area (Å²) in [6.45, 7) is 4.77. The number of nitrogens with one attached hydrogen (secondary N) is 2. The Morgan fingerprint density at radius 1 is 1.16 bits per heavy atom. The Hall–Kier alpha value is -2.75. The largest absolute Gasteiger partial charge is 0.354 e. The van der Waals surface area contributed by atoms with Crippen LogP contribution in [0.3, 0.4) is 0 Å². The molecule has 0 radical (unpaired) electrons. The number of benzene rings is 1. The van der Waals surface area contributed by atoms with Crippen molar-refractivity contribution in [3.63, 3.8) is 0 Å². The molecule has 2 aromatic rings. The first kappa shape index (κ1) is 20.2. The van der Waals surface area contributed by atoms with E-state index in [0.717, 1.165) is 51.1 Å². The van der Waals surface area contributed by atoms with Crippen LogP contribution in [0.25, 0.3) is 5.69 Å². The third-order valence-corrected chi connectivity index (χ3v) is 6.74. The fraction of sp³-hybridized carbons (Fsp3) is 0.500. The number of nitrogens with zero attached hydrogens (tertiary/aromatic N) is 4. The lowest BCUT2D eigenvalue weighted by Crippen LogP contribution is -2.65. The van der Waals surface area contributed by atoms with Crippen LogP contribution in [0.2, 0.25) is 0 Å². The standard InChI is InChI=1S/C22H29N7O2/c23-22-6-10-28(18(13-22)14-22)15-16-1-3-17(4-2-16)29-9-5-19(26-21(29)31)25-20(30)27-11-7-24-8-12-27/h1-5,9,18,24H,6-8,10-15,23H2,(H,25,26,30,31). The molecule has 4 heterocycles. The van der Waals surface area contributed by atoms with Crippen molar-refractivity contribution < 1.29 is 4.79 Å². The highest BCUT2D eigenvalue weighted by Gasteiger charge is 2.47. The van der Waals surface area contributed by atoms with E-state index in [0.29, 0.717) is 19.1 Å². The fourth-order valence-corrected chi connectivity index (χ4v) is 4.82. The van der Waals surface area contributed by atoms with Crippen LogP contribution in [0.15, 0.2) is 41.3 Å². The number of hydrogen-bond acceptors (Lipinski definition) is 6. The fourth-order valence-electron chi connectivity index (χ4n) is 4.82. The first-order valence-corrected chi connectivity index (χ1v) is 11.0. The summed E-state index contributed by atoms with van der Waals surface area (Å²) >= 11 is 0. The lowest BCUT2D eigenvalue weighted by Gasteiger charge is -2.55. The molecule has 9 nitrogen and oxygen atoms in total. The van der Waals surface area contributed by atoms with E-state index in [1.807, 2.05) is 12.1 Å². The Morgan fingerprint density at radius 3 is 2.55 bits per heavy atom. The zero-order chi connectivity index (χ0) is 21.4. The second-order valence-corrected chi connectivity index (χ2v) is 8.94. The summed E-state index contributed by atoms with van der Waals surface area (Å²) in [7, 11) is 0. The van der Waals surface area contributed by atoms with Gasteiger partial charge in [-0.05, 0) is 43.0 Å². The zero-order valence-corrected chi connectivity index (χ0v) is 17.6. The van der Waals surface area contributed by atoms with E-state index in [4.69, 9.17) is 5.73 Å². The molecule has 3 aliphatic heterocycles. The number of anilines is 1. The van der Waals surface area contributed by atoms with Crippen LogP contribution in [0.4, 0.5) is 10.6 Å². The lowest BCUT2D eigenvalue weighted by atomic mass is 9.67. The van der Waals surface area contributed by atoms with Gasteiger partial charge in [-0.2, -0.15) is 4.98 Å². The predicted molar refractivity (Wildman–Crippen MR) is 118 cm³/mol. The number of hydrogen-bond donors (Lipinski definition) is 3. The van der Waals surface area contributed by atoms with E-state index in [-0.39, 0.29) is 17.4 Å². The summed E-state index contributed by atoms with van der Waals surface area (Å²) in [5, 5.41) is 5.92. The van der Waals surface area contributed by atoms with Crippen LogP contribution in [-0.2, 0) is 6.54 Å². The van der Waals surface area contributed by atoms with Gasteiger partial charge in [0.15, 0.2) is 0 Å². The molecule has 4 aliphatic rings. The smallest absolute Gasteiger partial charge is 0.325 e. The van der Waals surface area contributed by atoms with Crippen molar-refractivity contribution in [2.75, 3.05) is 38.0 Å². The predicted octanol–water partition coefficient (Wildman–Crippen LogP) is 0.735. The first-order valence-electron chi connectivity index (χ1n) is 11.0. The van der Waals surface area contributed by atoms with Crippen molar-refractivity contribution in [3.05, 3.63) is 52.6 Å². The third-order valence-electron chi connectivity index (χ3n) is 6.74. The molecule has 4 fully saturated rings. The van der Waals surface area contributed by atoms with Crippen molar-refractivity contribution in [1.29, 1.82) is 0 Å². The van der Waals surface area contributed by atoms with E-state index in [1.165, 1.54) is 10.1 Å². The van der Waals surface area contributed by atoms with Crippen LogP contribution < -0.4 is 22.1 Å². The minimum Gasteiger partial charge on any atom is -0.325 e. The number of carbonyl (C=O) groups is 1. The second-order valence-electron chi connectivity index (χ2n) is 8.94. The summed E-state index contributed by atoms with van der Waals surface area (Å²) in [6.07, 6.45) is 4.92. The van der Waals surface area contributed by atoms with Gasteiger partial charge in [-0.3, -0.25) is 14.8 Å². The van der Waals surface area contributed by atoms with Crippen LogP contribution in [-0.4, -0.2) is 69.7 Å². The summed E-state index contributed by atoms with van der Waals surface area (Å²) in [6, 6.07) is 10.0. The number of rotatable bonds is 4. The molecule has 0 unspecified atom stereocenters. The molecule has 3 saturated heterocycles.